The number of hydrogen-bond acceptors (Lipinski definition) is 2. The van der Waals surface area contributed by atoms with Gasteiger partial charge in [0.25, 0.3) is 0 Å². The number of nitrogens with one attached hydrogen (secondary N) is 1. The van der Waals surface area contributed by atoms with Crippen molar-refractivity contribution in [3.8, 4) is 0 Å². The normalized spacial score (nSPS) is 11.7. The summed E-state index contributed by atoms with van der Waals surface area (Å²) in [6.45, 7) is 5.99. The molecule has 138 valence electrons. The van der Waals surface area contributed by atoms with E-state index in [1.807, 2.05) is 38.1 Å². The van der Waals surface area contributed by atoms with Gasteiger partial charge in [-0.15, -0.1) is 0 Å². The highest BCUT2D eigenvalue weighted by Gasteiger charge is 2.26. The monoisotopic (exact) mass is 356 g/mol. The first-order valence-electron chi connectivity index (χ1n) is 8.78. The van der Waals surface area contributed by atoms with E-state index in [1.54, 1.807) is 25.1 Å². The Hall–Kier alpha value is -2.69. The van der Waals surface area contributed by atoms with Crippen molar-refractivity contribution in [3.63, 3.8) is 0 Å². The molecule has 0 heterocycles. The highest BCUT2D eigenvalue weighted by atomic mass is 19.1. The fraction of sp³-hybridized carbons (Fsp3) is 0.333. The van der Waals surface area contributed by atoms with Crippen molar-refractivity contribution in [1.29, 1.82) is 0 Å². The number of aryl methyl sites for hydroxylation is 1. The molecule has 0 spiro atoms. The minimum absolute atomic E-state index is 0.0513. The van der Waals surface area contributed by atoms with Crippen LogP contribution >= 0.6 is 0 Å². The average Bonchev–Trinajstić information content (AvgIpc) is 2.62. The number of carbonyl (C=O) groups excluding carboxylic acids is 2. The van der Waals surface area contributed by atoms with Gasteiger partial charge in [0.2, 0.25) is 11.8 Å². The highest BCUT2D eigenvalue weighted by molar-refractivity contribution is 5.88. The van der Waals surface area contributed by atoms with Crippen LogP contribution in [0, 0.1) is 12.7 Å². The molecule has 2 aromatic rings. The molecule has 2 rings (SSSR count). The predicted octanol–water partition coefficient (Wildman–Crippen LogP) is 3.23. The molecule has 2 aromatic carbocycles. The van der Waals surface area contributed by atoms with Crippen molar-refractivity contribution in [3.05, 3.63) is 71.0 Å². The quantitative estimate of drug-likeness (QED) is 0.828. The molecule has 0 fully saturated rings. The van der Waals surface area contributed by atoms with Crippen LogP contribution in [-0.4, -0.2) is 29.3 Å². The van der Waals surface area contributed by atoms with E-state index in [0.717, 1.165) is 11.1 Å². The van der Waals surface area contributed by atoms with Gasteiger partial charge in [-0.25, -0.2) is 4.39 Å². The molecule has 0 aliphatic rings. The summed E-state index contributed by atoms with van der Waals surface area (Å²) in [6.07, 6.45) is 0.165. The Morgan fingerprint density at radius 3 is 2.38 bits per heavy atom. The van der Waals surface area contributed by atoms with Crippen molar-refractivity contribution in [2.45, 2.75) is 39.8 Å². The Bertz CT molecular complexity index is 759. The molecule has 0 radical (unpaired) electrons. The van der Waals surface area contributed by atoms with Gasteiger partial charge < -0.3 is 10.2 Å². The lowest BCUT2D eigenvalue weighted by Gasteiger charge is -2.29. The number of carbonyl (C=O) groups is 2. The van der Waals surface area contributed by atoms with Crippen molar-refractivity contribution >= 4 is 11.8 Å². The number of benzene rings is 2. The van der Waals surface area contributed by atoms with Gasteiger partial charge in [-0.3, -0.25) is 9.59 Å². The molecule has 0 aliphatic carbocycles. The largest absolute Gasteiger partial charge is 0.355 e. The zero-order valence-corrected chi connectivity index (χ0v) is 15.5. The van der Waals surface area contributed by atoms with Crippen molar-refractivity contribution in [1.82, 2.24) is 10.2 Å². The van der Waals surface area contributed by atoms with E-state index in [-0.39, 0.29) is 30.6 Å². The number of rotatable bonds is 7. The van der Waals surface area contributed by atoms with Crippen LogP contribution in [0.1, 0.15) is 30.5 Å². The molecule has 0 aliphatic heterocycles. The number of likely N-dealkylation sites (N-methyl/N-ethyl adjacent to an activating group) is 1. The van der Waals surface area contributed by atoms with Crippen LogP contribution in [0.25, 0.3) is 0 Å². The second-order valence-electron chi connectivity index (χ2n) is 6.35. The van der Waals surface area contributed by atoms with Gasteiger partial charge in [0, 0.05) is 18.7 Å². The Balaban J connectivity index is 2.23. The maximum Gasteiger partial charge on any atom is 0.242 e. The molecule has 26 heavy (non-hydrogen) atoms. The smallest absolute Gasteiger partial charge is 0.242 e. The van der Waals surface area contributed by atoms with E-state index in [1.165, 1.54) is 11.0 Å². The molecular formula is C21H25FN2O2. The van der Waals surface area contributed by atoms with E-state index in [4.69, 9.17) is 0 Å². The number of hydrogen-bond donors (Lipinski definition) is 1. The third kappa shape index (κ3) is 5.15. The first-order valence-corrected chi connectivity index (χ1v) is 8.78. The van der Waals surface area contributed by atoms with Gasteiger partial charge in [-0.1, -0.05) is 48.0 Å². The standard InChI is InChI=1S/C21H25FN2O2/c1-4-23-21(26)16(3)24(14-18-7-5-6-8-19(18)22)20(25)13-17-11-9-15(2)10-12-17/h5-12,16H,4,13-14H2,1-3H3,(H,23,26)/t16-/m1/s1. The minimum Gasteiger partial charge on any atom is -0.355 e. The molecule has 0 bridgehead atoms. The summed E-state index contributed by atoms with van der Waals surface area (Å²) in [4.78, 5) is 26.6. The van der Waals surface area contributed by atoms with Crippen molar-refractivity contribution in [2.75, 3.05) is 6.54 Å². The summed E-state index contributed by atoms with van der Waals surface area (Å²) in [6, 6.07) is 13.3. The molecule has 5 heteroatoms. The molecule has 0 aromatic heterocycles. The summed E-state index contributed by atoms with van der Waals surface area (Å²) in [5.74, 6) is -0.847. The summed E-state index contributed by atoms with van der Waals surface area (Å²) >= 11 is 0. The second kappa shape index (κ2) is 9.13. The van der Waals surface area contributed by atoms with E-state index in [9.17, 15) is 14.0 Å². The van der Waals surface area contributed by atoms with Crippen LogP contribution in [0.2, 0.25) is 0 Å². The van der Waals surface area contributed by atoms with E-state index in [0.29, 0.717) is 12.1 Å². The molecule has 2 amide bonds. The third-order valence-electron chi connectivity index (χ3n) is 4.29. The molecule has 4 nitrogen and oxygen atoms in total. The lowest BCUT2D eigenvalue weighted by Crippen LogP contribution is -2.48. The maximum absolute atomic E-state index is 14.1. The molecule has 1 atom stereocenters. The number of halogens is 1. The van der Waals surface area contributed by atoms with Crippen molar-refractivity contribution < 1.29 is 14.0 Å². The minimum atomic E-state index is -0.687. The van der Waals surface area contributed by atoms with Crippen molar-refractivity contribution in [2.24, 2.45) is 0 Å². The zero-order valence-electron chi connectivity index (χ0n) is 15.5. The van der Waals surface area contributed by atoms with Crippen LogP contribution in [-0.2, 0) is 22.6 Å². The first kappa shape index (κ1) is 19.6. The lowest BCUT2D eigenvalue weighted by molar-refractivity contribution is -0.140. The topological polar surface area (TPSA) is 49.4 Å². The summed E-state index contributed by atoms with van der Waals surface area (Å²) in [5.41, 5.74) is 2.36. The fourth-order valence-electron chi connectivity index (χ4n) is 2.70. The number of nitrogens with zero attached hydrogens (tertiary/aromatic N) is 1. The van der Waals surface area contributed by atoms with Gasteiger partial charge in [-0.05, 0) is 32.4 Å². The molecule has 0 unspecified atom stereocenters. The van der Waals surface area contributed by atoms with Gasteiger partial charge in [0.1, 0.15) is 11.9 Å². The van der Waals surface area contributed by atoms with Crippen LogP contribution in [0.3, 0.4) is 0 Å². The van der Waals surface area contributed by atoms with Crippen LogP contribution in [0.15, 0.2) is 48.5 Å². The highest BCUT2D eigenvalue weighted by Crippen LogP contribution is 2.15. The Kier molecular flexibility index (Phi) is 6.89. The Labute approximate surface area is 154 Å². The fourth-order valence-corrected chi connectivity index (χ4v) is 2.70. The molecule has 1 N–H and O–H groups in total. The van der Waals surface area contributed by atoms with Crippen LogP contribution in [0.5, 0.6) is 0 Å². The maximum atomic E-state index is 14.1. The van der Waals surface area contributed by atoms with Gasteiger partial charge >= 0.3 is 0 Å². The zero-order chi connectivity index (χ0) is 19.1. The van der Waals surface area contributed by atoms with Crippen LogP contribution in [0.4, 0.5) is 4.39 Å². The average molecular weight is 356 g/mol. The molecule has 0 saturated heterocycles. The summed E-state index contributed by atoms with van der Waals surface area (Å²) in [7, 11) is 0. The summed E-state index contributed by atoms with van der Waals surface area (Å²) in [5, 5.41) is 2.73. The Morgan fingerprint density at radius 2 is 1.77 bits per heavy atom. The first-order chi connectivity index (χ1) is 12.4. The van der Waals surface area contributed by atoms with Gasteiger partial charge in [0.05, 0.1) is 6.42 Å². The van der Waals surface area contributed by atoms with Gasteiger partial charge in [0.15, 0.2) is 0 Å². The number of amides is 2. The Morgan fingerprint density at radius 1 is 1.12 bits per heavy atom. The SMILES string of the molecule is CCNC(=O)[C@@H](C)N(Cc1ccccc1F)C(=O)Cc1ccc(C)cc1. The van der Waals surface area contributed by atoms with Crippen LogP contribution < -0.4 is 5.32 Å². The van der Waals surface area contributed by atoms with E-state index in [2.05, 4.69) is 5.32 Å². The predicted molar refractivity (Wildman–Crippen MR) is 100.0 cm³/mol. The second-order valence-corrected chi connectivity index (χ2v) is 6.35. The lowest BCUT2D eigenvalue weighted by atomic mass is 10.1. The third-order valence-corrected chi connectivity index (χ3v) is 4.29. The van der Waals surface area contributed by atoms with E-state index >= 15 is 0 Å². The summed E-state index contributed by atoms with van der Waals surface area (Å²) < 4.78 is 14.1. The van der Waals surface area contributed by atoms with E-state index < -0.39 is 6.04 Å². The molecule has 0 saturated carbocycles. The van der Waals surface area contributed by atoms with Gasteiger partial charge in [-0.2, -0.15) is 0 Å². The molecular weight excluding hydrogens is 331 g/mol.